The topological polar surface area (TPSA) is 95.2 Å². The quantitative estimate of drug-likeness (QED) is 0.452. The van der Waals surface area contributed by atoms with Crippen molar-refractivity contribution in [1.29, 1.82) is 0 Å². The number of nitrogens with two attached hydrogens (primary N) is 2. The maximum absolute atomic E-state index is 10.4. The average molecular weight is 211 g/mol. The number of nitrogens with zero attached hydrogens (tertiary/aromatic N) is 1. The number of benzene rings is 1. The summed E-state index contributed by atoms with van der Waals surface area (Å²) in [7, 11) is 1.50. The van der Waals surface area contributed by atoms with Crippen molar-refractivity contribution in [2.24, 2.45) is 5.73 Å². The highest BCUT2D eigenvalue weighted by molar-refractivity contribution is 5.52. The van der Waals surface area contributed by atoms with Crippen LogP contribution in [0.1, 0.15) is 18.9 Å². The summed E-state index contributed by atoms with van der Waals surface area (Å²) in [6, 6.07) is 4.55. The van der Waals surface area contributed by atoms with E-state index in [4.69, 9.17) is 5.73 Å². The molecule has 0 spiro atoms. The van der Waals surface area contributed by atoms with Crippen molar-refractivity contribution in [1.82, 2.24) is 0 Å². The zero-order valence-electron chi connectivity index (χ0n) is 9.06. The van der Waals surface area contributed by atoms with E-state index in [0.717, 1.165) is 18.4 Å². The van der Waals surface area contributed by atoms with Gasteiger partial charge in [-0.25, -0.2) is 0 Å². The second kappa shape index (κ2) is 6.78. The number of aryl methyl sites for hydroxylation is 1. The molecule has 1 rings (SSSR count). The molecule has 0 aliphatic heterocycles. The highest BCUT2D eigenvalue weighted by Crippen LogP contribution is 2.20. The highest BCUT2D eigenvalue weighted by atomic mass is 16.6. The van der Waals surface area contributed by atoms with Crippen molar-refractivity contribution in [3.05, 3.63) is 33.9 Å². The van der Waals surface area contributed by atoms with Gasteiger partial charge in [-0.1, -0.05) is 13.3 Å². The zero-order chi connectivity index (χ0) is 11.8. The van der Waals surface area contributed by atoms with Crippen molar-refractivity contribution in [3.63, 3.8) is 0 Å². The van der Waals surface area contributed by atoms with Crippen LogP contribution in [0.5, 0.6) is 0 Å². The van der Waals surface area contributed by atoms with Crippen LogP contribution in [-0.2, 0) is 6.42 Å². The Morgan fingerprint density at radius 2 is 2.00 bits per heavy atom. The van der Waals surface area contributed by atoms with Gasteiger partial charge < -0.3 is 11.5 Å². The number of nitro groups is 1. The largest absolute Gasteiger partial charge is 0.398 e. The molecule has 0 fully saturated rings. The van der Waals surface area contributed by atoms with Gasteiger partial charge in [0.25, 0.3) is 5.69 Å². The van der Waals surface area contributed by atoms with Crippen LogP contribution in [0.3, 0.4) is 0 Å². The number of anilines is 1. The Labute approximate surface area is 89.2 Å². The van der Waals surface area contributed by atoms with Gasteiger partial charge in [-0.3, -0.25) is 10.1 Å². The first-order chi connectivity index (χ1) is 7.15. The number of nitrogen functional groups attached to an aromatic ring is 1. The Morgan fingerprint density at radius 1 is 1.40 bits per heavy atom. The summed E-state index contributed by atoms with van der Waals surface area (Å²) < 4.78 is 0. The van der Waals surface area contributed by atoms with E-state index in [1.165, 1.54) is 13.1 Å². The van der Waals surface area contributed by atoms with E-state index in [1.807, 2.05) is 6.92 Å². The molecule has 0 heterocycles. The van der Waals surface area contributed by atoms with Crippen molar-refractivity contribution in [2.45, 2.75) is 19.8 Å². The van der Waals surface area contributed by atoms with E-state index in [-0.39, 0.29) is 5.69 Å². The molecule has 0 saturated heterocycles. The van der Waals surface area contributed by atoms with Gasteiger partial charge in [0.15, 0.2) is 0 Å². The van der Waals surface area contributed by atoms with E-state index in [1.54, 1.807) is 12.1 Å². The molecule has 0 radical (unpaired) electrons. The maximum atomic E-state index is 10.4. The first-order valence-corrected chi connectivity index (χ1v) is 4.75. The molecule has 5 heteroatoms. The standard InChI is InChI=1S/C9H12N2O2.CH5N/c1-2-3-7-6-8(11(12)13)4-5-9(7)10;1-2/h4-6H,2-3,10H2,1H3;2H2,1H3. The Bertz CT molecular complexity index is 326. The molecule has 0 aromatic heterocycles. The summed E-state index contributed by atoms with van der Waals surface area (Å²) in [5, 5.41) is 10.4. The fraction of sp³-hybridized carbons (Fsp3) is 0.400. The van der Waals surface area contributed by atoms with Gasteiger partial charge in [0.2, 0.25) is 0 Å². The summed E-state index contributed by atoms with van der Waals surface area (Å²) in [6.45, 7) is 2.01. The molecule has 0 bridgehead atoms. The molecule has 15 heavy (non-hydrogen) atoms. The van der Waals surface area contributed by atoms with E-state index in [9.17, 15) is 10.1 Å². The van der Waals surface area contributed by atoms with Crippen LogP contribution in [-0.4, -0.2) is 12.0 Å². The molecule has 4 N–H and O–H groups in total. The van der Waals surface area contributed by atoms with Gasteiger partial charge in [0.1, 0.15) is 0 Å². The molecule has 0 unspecified atom stereocenters. The van der Waals surface area contributed by atoms with E-state index in [2.05, 4.69) is 5.73 Å². The average Bonchev–Trinajstić information content (AvgIpc) is 2.24. The number of hydrogen-bond acceptors (Lipinski definition) is 4. The third kappa shape index (κ3) is 3.95. The number of non-ortho nitro benzene ring substituents is 1. The Kier molecular flexibility index (Phi) is 6.05. The molecule has 0 aliphatic rings. The second-order valence-corrected chi connectivity index (χ2v) is 2.89. The molecular formula is C10H17N3O2. The fourth-order valence-electron chi connectivity index (χ4n) is 1.19. The van der Waals surface area contributed by atoms with Crippen molar-refractivity contribution < 1.29 is 4.92 Å². The number of rotatable bonds is 3. The molecular weight excluding hydrogens is 194 g/mol. The van der Waals surface area contributed by atoms with Crippen LogP contribution in [0, 0.1) is 10.1 Å². The third-order valence-electron chi connectivity index (χ3n) is 1.86. The van der Waals surface area contributed by atoms with Crippen LogP contribution < -0.4 is 11.5 Å². The SMILES string of the molecule is CCCc1cc([N+](=O)[O-])ccc1N.CN. The fourth-order valence-corrected chi connectivity index (χ4v) is 1.19. The Morgan fingerprint density at radius 3 is 2.47 bits per heavy atom. The van der Waals surface area contributed by atoms with E-state index < -0.39 is 4.92 Å². The predicted octanol–water partition coefficient (Wildman–Crippen LogP) is 1.70. The minimum absolute atomic E-state index is 0.109. The lowest BCUT2D eigenvalue weighted by Crippen LogP contribution is -1.96. The van der Waals surface area contributed by atoms with Gasteiger partial charge in [-0.2, -0.15) is 0 Å². The van der Waals surface area contributed by atoms with Gasteiger partial charge in [-0.05, 0) is 25.1 Å². The summed E-state index contributed by atoms with van der Waals surface area (Å²) in [4.78, 5) is 10.0. The van der Waals surface area contributed by atoms with Crippen LogP contribution in [0.2, 0.25) is 0 Å². The van der Waals surface area contributed by atoms with E-state index in [0.29, 0.717) is 5.69 Å². The smallest absolute Gasteiger partial charge is 0.269 e. The molecule has 1 aromatic rings. The Hall–Kier alpha value is -1.62. The lowest BCUT2D eigenvalue weighted by atomic mass is 10.1. The van der Waals surface area contributed by atoms with E-state index >= 15 is 0 Å². The lowest BCUT2D eigenvalue weighted by molar-refractivity contribution is -0.384. The molecule has 0 atom stereocenters. The molecule has 1 aromatic carbocycles. The van der Waals surface area contributed by atoms with Gasteiger partial charge in [-0.15, -0.1) is 0 Å². The highest BCUT2D eigenvalue weighted by Gasteiger charge is 2.07. The lowest BCUT2D eigenvalue weighted by Gasteiger charge is -2.02. The monoisotopic (exact) mass is 211 g/mol. The summed E-state index contributed by atoms with van der Waals surface area (Å²) in [5.74, 6) is 0. The molecule has 0 amide bonds. The minimum atomic E-state index is -0.404. The predicted molar refractivity (Wildman–Crippen MR) is 61.6 cm³/mol. The normalized spacial score (nSPS) is 9.00. The van der Waals surface area contributed by atoms with Crippen LogP contribution in [0.4, 0.5) is 11.4 Å². The maximum Gasteiger partial charge on any atom is 0.269 e. The van der Waals surface area contributed by atoms with Crippen molar-refractivity contribution in [2.75, 3.05) is 12.8 Å². The molecule has 84 valence electrons. The van der Waals surface area contributed by atoms with Crippen molar-refractivity contribution >= 4 is 11.4 Å². The van der Waals surface area contributed by atoms with Gasteiger partial charge in [0, 0.05) is 17.8 Å². The summed E-state index contributed by atoms with van der Waals surface area (Å²) in [5.41, 5.74) is 11.8. The van der Waals surface area contributed by atoms with Crippen LogP contribution >= 0.6 is 0 Å². The molecule has 5 nitrogen and oxygen atoms in total. The van der Waals surface area contributed by atoms with Crippen LogP contribution in [0.15, 0.2) is 18.2 Å². The van der Waals surface area contributed by atoms with Crippen molar-refractivity contribution in [3.8, 4) is 0 Å². The first-order valence-electron chi connectivity index (χ1n) is 4.75. The first kappa shape index (κ1) is 13.4. The summed E-state index contributed by atoms with van der Waals surface area (Å²) in [6.07, 6.45) is 1.72. The Balaban J connectivity index is 0.000000921. The van der Waals surface area contributed by atoms with Gasteiger partial charge in [0.05, 0.1) is 4.92 Å². The van der Waals surface area contributed by atoms with Gasteiger partial charge >= 0.3 is 0 Å². The minimum Gasteiger partial charge on any atom is -0.398 e. The second-order valence-electron chi connectivity index (χ2n) is 2.89. The number of hydrogen-bond donors (Lipinski definition) is 2. The third-order valence-corrected chi connectivity index (χ3v) is 1.86. The molecule has 0 saturated carbocycles. The zero-order valence-corrected chi connectivity index (χ0v) is 9.06. The number of nitro benzene ring substituents is 1. The van der Waals surface area contributed by atoms with Crippen LogP contribution in [0.25, 0.3) is 0 Å². The molecule has 0 aliphatic carbocycles. The summed E-state index contributed by atoms with van der Waals surface area (Å²) >= 11 is 0.